The average Bonchev–Trinajstić information content (AvgIpc) is 2.72. The zero-order chi connectivity index (χ0) is 19.5. The summed E-state index contributed by atoms with van der Waals surface area (Å²) in [5.74, 6) is 1.25. The summed E-state index contributed by atoms with van der Waals surface area (Å²) in [5.41, 5.74) is 1.76. The Bertz CT molecular complexity index is 769. The van der Waals surface area contributed by atoms with Gasteiger partial charge in [-0.3, -0.25) is 4.79 Å². The van der Waals surface area contributed by atoms with Crippen molar-refractivity contribution in [2.75, 3.05) is 26.8 Å². The van der Waals surface area contributed by atoms with Crippen molar-refractivity contribution in [3.63, 3.8) is 0 Å². The molecule has 0 aliphatic rings. The van der Waals surface area contributed by atoms with Gasteiger partial charge in [0.25, 0.3) is 0 Å². The molecule has 0 bridgehead atoms. The maximum absolute atomic E-state index is 12.4. The van der Waals surface area contributed by atoms with E-state index in [1.165, 1.54) is 5.56 Å². The van der Waals surface area contributed by atoms with Gasteiger partial charge in [0.15, 0.2) is 11.5 Å². The van der Waals surface area contributed by atoms with Crippen LogP contribution < -0.4 is 9.47 Å². The van der Waals surface area contributed by atoms with E-state index in [-0.39, 0.29) is 5.91 Å². The summed E-state index contributed by atoms with van der Waals surface area (Å²) in [6, 6.07) is 17.3. The molecule has 0 saturated carbocycles. The van der Waals surface area contributed by atoms with Crippen molar-refractivity contribution in [1.29, 1.82) is 5.26 Å². The molecular formula is C22H26N2O3. The minimum atomic E-state index is 0.142. The minimum absolute atomic E-state index is 0.142. The van der Waals surface area contributed by atoms with Gasteiger partial charge in [-0.25, -0.2) is 0 Å². The Hall–Kier alpha value is -3.00. The molecular weight excluding hydrogens is 340 g/mol. The van der Waals surface area contributed by atoms with Crippen LogP contribution in [0.15, 0.2) is 48.5 Å². The van der Waals surface area contributed by atoms with E-state index in [1.807, 2.05) is 30.0 Å². The summed E-state index contributed by atoms with van der Waals surface area (Å²) in [6.45, 7) is 3.85. The number of nitriles is 1. The molecule has 142 valence electrons. The van der Waals surface area contributed by atoms with E-state index in [0.29, 0.717) is 43.1 Å². The van der Waals surface area contributed by atoms with Crippen LogP contribution in [-0.2, 0) is 11.2 Å². The van der Waals surface area contributed by atoms with Crippen LogP contribution in [0.4, 0.5) is 0 Å². The molecule has 1 amide bonds. The summed E-state index contributed by atoms with van der Waals surface area (Å²) in [6.07, 6.45) is 1.93. The third-order valence-electron chi connectivity index (χ3n) is 4.33. The van der Waals surface area contributed by atoms with E-state index in [2.05, 4.69) is 18.2 Å². The molecule has 0 spiro atoms. The summed E-state index contributed by atoms with van der Waals surface area (Å²) in [5, 5.41) is 8.93. The van der Waals surface area contributed by atoms with Crippen LogP contribution in [0.3, 0.4) is 0 Å². The molecule has 0 atom stereocenters. The normalized spacial score (nSPS) is 10.1. The quantitative estimate of drug-likeness (QED) is 0.600. The zero-order valence-corrected chi connectivity index (χ0v) is 16.0. The van der Waals surface area contributed by atoms with E-state index >= 15 is 0 Å². The molecule has 2 aromatic carbocycles. The first-order valence-corrected chi connectivity index (χ1v) is 9.20. The first-order valence-electron chi connectivity index (χ1n) is 9.20. The van der Waals surface area contributed by atoms with Crippen LogP contribution in [-0.4, -0.2) is 37.6 Å². The Morgan fingerprint density at radius 1 is 1.15 bits per heavy atom. The molecule has 0 heterocycles. The highest BCUT2D eigenvalue weighted by Crippen LogP contribution is 2.27. The van der Waals surface area contributed by atoms with Crippen molar-refractivity contribution < 1.29 is 14.3 Å². The fraction of sp³-hybridized carbons (Fsp3) is 0.364. The second-order valence-electron chi connectivity index (χ2n) is 6.14. The lowest BCUT2D eigenvalue weighted by Gasteiger charge is -2.21. The van der Waals surface area contributed by atoms with Crippen molar-refractivity contribution in [3.05, 3.63) is 59.7 Å². The van der Waals surface area contributed by atoms with Crippen molar-refractivity contribution in [2.24, 2.45) is 0 Å². The maximum Gasteiger partial charge on any atom is 0.222 e. The van der Waals surface area contributed by atoms with Gasteiger partial charge >= 0.3 is 0 Å². The van der Waals surface area contributed by atoms with Gasteiger partial charge in [-0.1, -0.05) is 30.3 Å². The van der Waals surface area contributed by atoms with Crippen LogP contribution in [0.2, 0.25) is 0 Å². The van der Waals surface area contributed by atoms with Crippen LogP contribution in [0.25, 0.3) is 0 Å². The smallest absolute Gasteiger partial charge is 0.222 e. The van der Waals surface area contributed by atoms with E-state index in [0.717, 1.165) is 13.0 Å². The number of hydrogen-bond acceptors (Lipinski definition) is 4. The number of amides is 1. The number of benzene rings is 2. The number of hydrogen-bond donors (Lipinski definition) is 0. The fourth-order valence-electron chi connectivity index (χ4n) is 2.79. The second-order valence-corrected chi connectivity index (χ2v) is 6.14. The van der Waals surface area contributed by atoms with Crippen LogP contribution in [0.5, 0.6) is 11.5 Å². The molecule has 0 saturated heterocycles. The lowest BCUT2D eigenvalue weighted by Crippen LogP contribution is -2.32. The highest BCUT2D eigenvalue weighted by Gasteiger charge is 2.12. The third kappa shape index (κ3) is 6.34. The summed E-state index contributed by atoms with van der Waals surface area (Å²) in [4.78, 5) is 14.3. The highest BCUT2D eigenvalue weighted by atomic mass is 16.5. The molecule has 27 heavy (non-hydrogen) atoms. The van der Waals surface area contributed by atoms with Gasteiger partial charge in [0.05, 0.1) is 25.3 Å². The first kappa shape index (κ1) is 20.3. The van der Waals surface area contributed by atoms with Gasteiger partial charge in [0.1, 0.15) is 0 Å². The van der Waals surface area contributed by atoms with E-state index in [4.69, 9.17) is 14.7 Å². The summed E-state index contributed by atoms with van der Waals surface area (Å²) in [7, 11) is 1.54. The van der Waals surface area contributed by atoms with Crippen molar-refractivity contribution in [3.8, 4) is 17.6 Å². The van der Waals surface area contributed by atoms with E-state index in [1.54, 1.807) is 25.3 Å². The zero-order valence-electron chi connectivity index (χ0n) is 16.0. The number of nitrogens with zero attached hydrogens (tertiary/aromatic N) is 2. The van der Waals surface area contributed by atoms with Gasteiger partial charge < -0.3 is 14.4 Å². The molecule has 0 aliphatic carbocycles. The largest absolute Gasteiger partial charge is 0.493 e. The number of carbonyl (C=O) groups is 1. The molecule has 5 heteroatoms. The summed E-state index contributed by atoms with van der Waals surface area (Å²) >= 11 is 0. The molecule has 0 aromatic heterocycles. The first-order chi connectivity index (χ1) is 13.2. The van der Waals surface area contributed by atoms with Gasteiger partial charge in [-0.2, -0.15) is 5.26 Å². The molecule has 5 nitrogen and oxygen atoms in total. The SMILES string of the molecule is CCN(CCc1ccccc1)C(=O)CCCOc1ccc(C#N)cc1OC. The number of methoxy groups -OCH3 is 1. The Morgan fingerprint density at radius 3 is 2.59 bits per heavy atom. The molecule has 0 unspecified atom stereocenters. The third-order valence-corrected chi connectivity index (χ3v) is 4.33. The van der Waals surface area contributed by atoms with E-state index in [9.17, 15) is 4.79 Å². The molecule has 0 radical (unpaired) electrons. The number of carbonyl (C=O) groups excluding carboxylic acids is 1. The van der Waals surface area contributed by atoms with Gasteiger partial charge in [0.2, 0.25) is 5.91 Å². The van der Waals surface area contributed by atoms with Gasteiger partial charge in [0, 0.05) is 25.6 Å². The molecule has 2 aromatic rings. The lowest BCUT2D eigenvalue weighted by atomic mass is 10.1. The van der Waals surface area contributed by atoms with Crippen molar-refractivity contribution in [1.82, 2.24) is 4.90 Å². The maximum atomic E-state index is 12.4. The number of likely N-dealkylation sites (N-methyl/N-ethyl adjacent to an activating group) is 1. The Kier molecular flexibility index (Phi) is 8.18. The lowest BCUT2D eigenvalue weighted by molar-refractivity contribution is -0.131. The van der Waals surface area contributed by atoms with E-state index < -0.39 is 0 Å². The summed E-state index contributed by atoms with van der Waals surface area (Å²) < 4.78 is 11.0. The van der Waals surface area contributed by atoms with Crippen LogP contribution in [0, 0.1) is 11.3 Å². The number of ether oxygens (including phenoxy) is 2. The minimum Gasteiger partial charge on any atom is -0.493 e. The second kappa shape index (κ2) is 10.9. The topological polar surface area (TPSA) is 62.6 Å². The molecule has 2 rings (SSSR count). The van der Waals surface area contributed by atoms with Crippen LogP contribution in [0.1, 0.15) is 30.9 Å². The van der Waals surface area contributed by atoms with Crippen molar-refractivity contribution >= 4 is 5.91 Å². The molecule has 0 fully saturated rings. The Balaban J connectivity index is 1.77. The Morgan fingerprint density at radius 2 is 1.93 bits per heavy atom. The average molecular weight is 366 g/mol. The Labute approximate surface area is 161 Å². The van der Waals surface area contributed by atoms with Crippen molar-refractivity contribution in [2.45, 2.75) is 26.2 Å². The number of rotatable bonds is 10. The van der Waals surface area contributed by atoms with Gasteiger partial charge in [-0.15, -0.1) is 0 Å². The standard InChI is InChI=1S/C22H26N2O3/c1-3-24(14-13-18-8-5-4-6-9-18)22(25)10-7-15-27-20-12-11-19(17-23)16-21(20)26-2/h4-6,8-9,11-12,16H,3,7,10,13-15H2,1-2H3. The van der Waals surface area contributed by atoms with Crippen LogP contribution >= 0.6 is 0 Å². The monoisotopic (exact) mass is 366 g/mol. The predicted octanol–water partition coefficient (Wildman–Crippen LogP) is 3.82. The molecule has 0 aliphatic heterocycles. The van der Waals surface area contributed by atoms with Gasteiger partial charge in [-0.05, 0) is 37.5 Å². The fourth-order valence-corrected chi connectivity index (χ4v) is 2.79. The highest BCUT2D eigenvalue weighted by molar-refractivity contribution is 5.76. The predicted molar refractivity (Wildman–Crippen MR) is 105 cm³/mol. The molecule has 0 N–H and O–H groups in total.